The molecule has 8 nitrogen and oxygen atoms in total. The van der Waals surface area contributed by atoms with E-state index in [1.54, 1.807) is 37.5 Å². The Morgan fingerprint density at radius 3 is 2.65 bits per heavy atom. The quantitative estimate of drug-likeness (QED) is 0.331. The molecule has 1 amide bonds. The number of aliphatic carboxylic acids is 1. The van der Waals surface area contributed by atoms with Gasteiger partial charge in [-0.1, -0.05) is 35.9 Å². The third-order valence-corrected chi connectivity index (χ3v) is 10.1. The first-order valence-corrected chi connectivity index (χ1v) is 15.1. The molecule has 1 fully saturated rings. The topological polar surface area (TPSA) is 108 Å². The third kappa shape index (κ3) is 6.22. The summed E-state index contributed by atoms with van der Waals surface area (Å²) in [4.78, 5) is 30.1. The van der Waals surface area contributed by atoms with E-state index in [9.17, 15) is 23.1 Å². The Bertz CT molecular complexity index is 1510. The van der Waals surface area contributed by atoms with Crippen LogP contribution in [0.25, 0.3) is 11.1 Å². The van der Waals surface area contributed by atoms with E-state index in [1.807, 2.05) is 44.2 Å². The molecular formula is C30H34ClN3O5S. The minimum Gasteiger partial charge on any atom is -0.480 e. The summed E-state index contributed by atoms with van der Waals surface area (Å²) in [5.41, 5.74) is 4.22. The van der Waals surface area contributed by atoms with Crippen LogP contribution in [0.2, 0.25) is 5.02 Å². The van der Waals surface area contributed by atoms with Crippen LogP contribution in [0, 0.1) is 13.8 Å². The van der Waals surface area contributed by atoms with Crippen LogP contribution in [0.3, 0.4) is 0 Å². The second kappa shape index (κ2) is 12.5. The fourth-order valence-corrected chi connectivity index (χ4v) is 7.43. The summed E-state index contributed by atoms with van der Waals surface area (Å²) >= 11 is 6.30. The Balaban J connectivity index is 1.64. The number of amides is 1. The standard InChI is InChI=1S/C30H34ClN3O5S/c1-20-19-32-15-14-25(20)24-9-4-8-23(18-24)22(3)34(40(38,39)28-12-5-10-26(31)21(28)2)17-7-13-29(35)33-16-6-11-27(33)30(36)37/h4-5,8-10,12,14-15,18-19,22,27H,6-7,11,13,16-17H2,1-3H3,(H,36,37)/t22?,27-/m0/s1. The summed E-state index contributed by atoms with van der Waals surface area (Å²) in [7, 11) is -4.01. The van der Waals surface area contributed by atoms with Crippen molar-refractivity contribution in [1.82, 2.24) is 14.2 Å². The molecule has 4 rings (SSSR count). The predicted molar refractivity (Wildman–Crippen MR) is 155 cm³/mol. The highest BCUT2D eigenvalue weighted by molar-refractivity contribution is 7.89. The van der Waals surface area contributed by atoms with Crippen LogP contribution in [0.5, 0.6) is 0 Å². The highest BCUT2D eigenvalue weighted by Gasteiger charge is 2.35. The first kappa shape index (κ1) is 29.7. The van der Waals surface area contributed by atoms with Crippen LogP contribution in [0.4, 0.5) is 0 Å². The van der Waals surface area contributed by atoms with Gasteiger partial charge in [-0.2, -0.15) is 4.31 Å². The van der Waals surface area contributed by atoms with Crippen molar-refractivity contribution in [2.24, 2.45) is 0 Å². The monoisotopic (exact) mass is 583 g/mol. The molecule has 1 saturated heterocycles. The number of halogens is 1. The summed E-state index contributed by atoms with van der Waals surface area (Å²) in [6.45, 7) is 5.96. The number of aromatic nitrogens is 1. The van der Waals surface area contributed by atoms with Gasteiger partial charge in [-0.05, 0) is 92.1 Å². The fourth-order valence-electron chi connectivity index (χ4n) is 5.30. The Hall–Kier alpha value is -3.27. The zero-order valence-electron chi connectivity index (χ0n) is 22.9. The lowest BCUT2D eigenvalue weighted by molar-refractivity contribution is -0.148. The van der Waals surface area contributed by atoms with Gasteiger partial charge in [-0.25, -0.2) is 13.2 Å². The van der Waals surface area contributed by atoms with Crippen LogP contribution in [-0.4, -0.2) is 58.7 Å². The van der Waals surface area contributed by atoms with Crippen molar-refractivity contribution in [3.63, 3.8) is 0 Å². The maximum atomic E-state index is 14.1. The molecule has 1 unspecified atom stereocenters. The summed E-state index contributed by atoms with van der Waals surface area (Å²) in [5, 5.41) is 9.81. The highest BCUT2D eigenvalue weighted by atomic mass is 35.5. The van der Waals surface area contributed by atoms with Crippen molar-refractivity contribution in [2.45, 2.75) is 63.4 Å². The van der Waals surface area contributed by atoms with Crippen LogP contribution in [-0.2, 0) is 19.6 Å². The molecule has 0 bridgehead atoms. The molecule has 10 heteroatoms. The molecule has 212 valence electrons. The number of sulfonamides is 1. The van der Waals surface area contributed by atoms with E-state index in [0.717, 1.165) is 22.3 Å². The van der Waals surface area contributed by atoms with Gasteiger partial charge < -0.3 is 10.0 Å². The lowest BCUT2D eigenvalue weighted by Crippen LogP contribution is -2.41. The van der Waals surface area contributed by atoms with Gasteiger partial charge in [0.15, 0.2) is 0 Å². The van der Waals surface area contributed by atoms with Crippen molar-refractivity contribution >= 4 is 33.5 Å². The zero-order chi connectivity index (χ0) is 29.0. The minimum absolute atomic E-state index is 0.0489. The fraction of sp³-hybridized carbons (Fsp3) is 0.367. The summed E-state index contributed by atoms with van der Waals surface area (Å²) in [5.74, 6) is -1.28. The maximum absolute atomic E-state index is 14.1. The summed E-state index contributed by atoms with van der Waals surface area (Å²) in [6.07, 6.45) is 4.88. The van der Waals surface area contributed by atoms with Crippen molar-refractivity contribution in [3.05, 3.63) is 82.6 Å². The highest BCUT2D eigenvalue weighted by Crippen LogP contribution is 2.34. The van der Waals surface area contributed by atoms with Crippen molar-refractivity contribution in [1.29, 1.82) is 0 Å². The first-order chi connectivity index (χ1) is 19.0. The molecule has 1 aromatic heterocycles. The maximum Gasteiger partial charge on any atom is 0.326 e. The van der Waals surface area contributed by atoms with E-state index in [2.05, 4.69) is 4.98 Å². The van der Waals surface area contributed by atoms with Gasteiger partial charge in [0.1, 0.15) is 6.04 Å². The Labute approximate surface area is 240 Å². The van der Waals surface area contributed by atoms with E-state index < -0.39 is 28.1 Å². The number of carbonyl (C=O) groups excluding carboxylic acids is 1. The summed E-state index contributed by atoms with van der Waals surface area (Å²) < 4.78 is 29.6. The normalized spacial score (nSPS) is 16.3. The predicted octanol–water partition coefficient (Wildman–Crippen LogP) is 5.63. The summed E-state index contributed by atoms with van der Waals surface area (Å²) in [6, 6.07) is 13.1. The molecule has 0 radical (unpaired) electrons. The molecule has 2 aromatic carbocycles. The molecule has 0 spiro atoms. The average Bonchev–Trinajstić information content (AvgIpc) is 3.43. The van der Waals surface area contributed by atoms with Gasteiger partial charge in [0.2, 0.25) is 15.9 Å². The van der Waals surface area contributed by atoms with Crippen molar-refractivity contribution in [2.75, 3.05) is 13.1 Å². The van der Waals surface area contributed by atoms with Gasteiger partial charge in [-0.15, -0.1) is 0 Å². The largest absolute Gasteiger partial charge is 0.480 e. The molecule has 40 heavy (non-hydrogen) atoms. The lowest BCUT2D eigenvalue weighted by atomic mass is 9.98. The molecule has 1 aliphatic heterocycles. The van der Waals surface area contributed by atoms with Crippen LogP contribution >= 0.6 is 11.6 Å². The number of rotatable bonds is 10. The van der Waals surface area contributed by atoms with Crippen molar-refractivity contribution < 1.29 is 23.1 Å². The molecular weight excluding hydrogens is 550 g/mol. The number of aryl methyl sites for hydroxylation is 1. The number of hydrogen-bond acceptors (Lipinski definition) is 5. The van der Waals surface area contributed by atoms with Gasteiger partial charge in [0, 0.05) is 43.0 Å². The number of hydrogen-bond donors (Lipinski definition) is 1. The van der Waals surface area contributed by atoms with E-state index in [0.29, 0.717) is 30.0 Å². The molecule has 0 aliphatic carbocycles. The number of carbonyl (C=O) groups is 2. The van der Waals surface area contributed by atoms with Crippen molar-refractivity contribution in [3.8, 4) is 11.1 Å². The number of benzene rings is 2. The zero-order valence-corrected chi connectivity index (χ0v) is 24.5. The molecule has 0 saturated carbocycles. The Kier molecular flexibility index (Phi) is 9.28. The van der Waals surface area contributed by atoms with Gasteiger partial charge >= 0.3 is 5.97 Å². The molecule has 1 N–H and O–H groups in total. The molecule has 1 aliphatic rings. The van der Waals surface area contributed by atoms with E-state index in [4.69, 9.17) is 11.6 Å². The molecule has 2 heterocycles. The van der Waals surface area contributed by atoms with Crippen LogP contribution in [0.1, 0.15) is 55.3 Å². The minimum atomic E-state index is -4.01. The van der Waals surface area contributed by atoms with E-state index >= 15 is 0 Å². The number of likely N-dealkylation sites (tertiary alicyclic amines) is 1. The van der Waals surface area contributed by atoms with E-state index in [1.165, 1.54) is 9.21 Å². The van der Waals surface area contributed by atoms with Crippen LogP contribution < -0.4 is 0 Å². The van der Waals surface area contributed by atoms with E-state index in [-0.39, 0.29) is 30.2 Å². The molecule has 2 atom stereocenters. The second-order valence-electron chi connectivity index (χ2n) is 10.2. The van der Waals surface area contributed by atoms with Crippen LogP contribution in [0.15, 0.2) is 65.8 Å². The molecule has 3 aromatic rings. The van der Waals surface area contributed by atoms with Gasteiger partial charge in [0.05, 0.1) is 4.90 Å². The van der Waals surface area contributed by atoms with Gasteiger partial charge in [-0.3, -0.25) is 9.78 Å². The third-order valence-electron chi connectivity index (χ3n) is 7.56. The lowest BCUT2D eigenvalue weighted by Gasteiger charge is -2.30. The Morgan fingerprint density at radius 2 is 1.93 bits per heavy atom. The number of pyridine rings is 1. The number of carboxylic acid groups (broad SMARTS) is 1. The Morgan fingerprint density at radius 1 is 1.18 bits per heavy atom. The second-order valence-corrected chi connectivity index (χ2v) is 12.4. The number of carboxylic acids is 1. The SMILES string of the molecule is Cc1cnccc1-c1cccc(C(C)N(CCCC(=O)N2CCC[C@H]2C(=O)O)S(=O)(=O)c2cccc(Cl)c2C)c1. The first-order valence-electron chi connectivity index (χ1n) is 13.3. The average molecular weight is 584 g/mol. The smallest absolute Gasteiger partial charge is 0.326 e. The number of nitrogens with zero attached hydrogens (tertiary/aromatic N) is 3. The van der Waals surface area contributed by atoms with Gasteiger partial charge in [0.25, 0.3) is 0 Å².